The Bertz CT molecular complexity index is 454. The minimum absolute atomic E-state index is 0. The number of piperazine rings is 1. The van der Waals surface area contributed by atoms with Gasteiger partial charge in [-0.2, -0.15) is 0 Å². The van der Waals surface area contributed by atoms with Gasteiger partial charge in [0.15, 0.2) is 5.96 Å². The van der Waals surface area contributed by atoms with Crippen molar-refractivity contribution < 1.29 is 14.3 Å². The van der Waals surface area contributed by atoms with Gasteiger partial charge in [-0.05, 0) is 52.9 Å². The Kier molecular flexibility index (Phi) is 9.99. The van der Waals surface area contributed by atoms with Crippen molar-refractivity contribution in [3.8, 4) is 0 Å². The Morgan fingerprint density at radius 3 is 2.42 bits per heavy atom. The van der Waals surface area contributed by atoms with Gasteiger partial charge in [-0.25, -0.2) is 4.79 Å². The summed E-state index contributed by atoms with van der Waals surface area (Å²) in [6.45, 7) is 9.89. The van der Waals surface area contributed by atoms with Crippen LogP contribution in [0, 0.1) is 0 Å². The second-order valence-corrected chi connectivity index (χ2v) is 7.83. The first kappa shape index (κ1) is 23.3. The van der Waals surface area contributed by atoms with Crippen LogP contribution < -0.4 is 5.73 Å². The van der Waals surface area contributed by atoms with Gasteiger partial charge in [0.05, 0.1) is 6.10 Å². The molecule has 2 fully saturated rings. The molecule has 0 radical (unpaired) electrons. The molecular formula is C18H35IN4O3. The van der Waals surface area contributed by atoms with Crippen molar-refractivity contribution >= 4 is 36.0 Å². The van der Waals surface area contributed by atoms with E-state index in [0.29, 0.717) is 38.2 Å². The molecular weight excluding hydrogens is 447 g/mol. The molecule has 0 bridgehead atoms. The number of hydrogen-bond donors (Lipinski definition) is 1. The zero-order valence-corrected chi connectivity index (χ0v) is 18.7. The SMILES string of the molecule is CC(C)(C)OC(=O)N1CCN(C(N)=NCCCC2CCCCO2)CC1.I. The number of nitrogens with zero attached hydrogens (tertiary/aromatic N) is 3. The minimum Gasteiger partial charge on any atom is -0.444 e. The Hall–Kier alpha value is -0.770. The summed E-state index contributed by atoms with van der Waals surface area (Å²) in [4.78, 5) is 20.3. The van der Waals surface area contributed by atoms with E-state index in [-0.39, 0.29) is 30.1 Å². The molecule has 152 valence electrons. The summed E-state index contributed by atoms with van der Waals surface area (Å²) < 4.78 is 11.1. The van der Waals surface area contributed by atoms with Gasteiger partial charge in [0, 0.05) is 39.3 Å². The zero-order valence-electron chi connectivity index (χ0n) is 16.4. The summed E-state index contributed by atoms with van der Waals surface area (Å²) in [7, 11) is 0. The van der Waals surface area contributed by atoms with Crippen LogP contribution in [-0.4, -0.2) is 72.9 Å². The molecule has 8 heteroatoms. The largest absolute Gasteiger partial charge is 0.444 e. The fourth-order valence-corrected chi connectivity index (χ4v) is 3.09. The number of guanidine groups is 1. The molecule has 1 atom stereocenters. The number of carbonyl (C=O) groups is 1. The summed E-state index contributed by atoms with van der Waals surface area (Å²) in [6, 6.07) is 0. The number of aliphatic imine (C=N–C) groups is 1. The zero-order chi connectivity index (χ0) is 18.3. The van der Waals surface area contributed by atoms with E-state index in [4.69, 9.17) is 15.2 Å². The Balaban J connectivity index is 0.00000338. The third-order valence-electron chi connectivity index (χ3n) is 4.49. The van der Waals surface area contributed by atoms with E-state index in [1.807, 2.05) is 25.7 Å². The summed E-state index contributed by atoms with van der Waals surface area (Å²) in [5.41, 5.74) is 5.64. The highest BCUT2D eigenvalue weighted by Gasteiger charge is 2.26. The summed E-state index contributed by atoms with van der Waals surface area (Å²) in [5.74, 6) is 0.577. The van der Waals surface area contributed by atoms with Crippen LogP contribution in [-0.2, 0) is 9.47 Å². The molecule has 2 N–H and O–H groups in total. The first-order chi connectivity index (χ1) is 11.8. The van der Waals surface area contributed by atoms with Gasteiger partial charge in [-0.3, -0.25) is 4.99 Å². The predicted octanol–water partition coefficient (Wildman–Crippen LogP) is 2.82. The van der Waals surface area contributed by atoms with Gasteiger partial charge < -0.3 is 25.0 Å². The lowest BCUT2D eigenvalue weighted by molar-refractivity contribution is 0.0105. The van der Waals surface area contributed by atoms with Crippen molar-refractivity contribution in [3.63, 3.8) is 0 Å². The molecule has 7 nitrogen and oxygen atoms in total. The average Bonchev–Trinajstić information content (AvgIpc) is 2.58. The molecule has 0 aromatic rings. The molecule has 2 heterocycles. The fourth-order valence-electron chi connectivity index (χ4n) is 3.09. The summed E-state index contributed by atoms with van der Waals surface area (Å²) in [6.07, 6.45) is 5.85. The molecule has 2 saturated heterocycles. The van der Waals surface area contributed by atoms with Gasteiger partial charge in [-0.15, -0.1) is 24.0 Å². The van der Waals surface area contributed by atoms with Crippen LogP contribution in [0.5, 0.6) is 0 Å². The van der Waals surface area contributed by atoms with Gasteiger partial charge in [0.25, 0.3) is 0 Å². The highest BCUT2D eigenvalue weighted by molar-refractivity contribution is 14.0. The normalized spacial score (nSPS) is 22.0. The third-order valence-corrected chi connectivity index (χ3v) is 4.49. The maximum Gasteiger partial charge on any atom is 0.410 e. The second kappa shape index (κ2) is 11.2. The van der Waals surface area contributed by atoms with Crippen molar-refractivity contribution in [1.29, 1.82) is 0 Å². The van der Waals surface area contributed by atoms with E-state index >= 15 is 0 Å². The van der Waals surface area contributed by atoms with Crippen molar-refractivity contribution in [2.45, 2.75) is 64.6 Å². The second-order valence-electron chi connectivity index (χ2n) is 7.83. The number of nitrogens with two attached hydrogens (primary N) is 1. The van der Waals surface area contributed by atoms with Gasteiger partial charge in [-0.1, -0.05) is 0 Å². The van der Waals surface area contributed by atoms with Crippen molar-refractivity contribution in [2.24, 2.45) is 10.7 Å². The average molecular weight is 482 g/mol. The van der Waals surface area contributed by atoms with E-state index in [9.17, 15) is 4.79 Å². The minimum atomic E-state index is -0.462. The van der Waals surface area contributed by atoms with Gasteiger partial charge in [0.1, 0.15) is 5.60 Å². The maximum absolute atomic E-state index is 12.1. The van der Waals surface area contributed by atoms with Crippen LogP contribution in [0.25, 0.3) is 0 Å². The van der Waals surface area contributed by atoms with Crippen molar-refractivity contribution in [2.75, 3.05) is 39.3 Å². The number of halogens is 1. The molecule has 2 aliphatic rings. The molecule has 1 unspecified atom stereocenters. The Morgan fingerprint density at radius 1 is 1.19 bits per heavy atom. The molecule has 0 aromatic heterocycles. The van der Waals surface area contributed by atoms with Gasteiger partial charge >= 0.3 is 6.09 Å². The Morgan fingerprint density at radius 2 is 1.85 bits per heavy atom. The molecule has 0 aliphatic carbocycles. The van der Waals surface area contributed by atoms with Crippen LogP contribution in [0.15, 0.2) is 4.99 Å². The lowest BCUT2D eigenvalue weighted by Gasteiger charge is -2.36. The summed E-state index contributed by atoms with van der Waals surface area (Å²) >= 11 is 0. The smallest absolute Gasteiger partial charge is 0.410 e. The fraction of sp³-hybridized carbons (Fsp3) is 0.889. The lowest BCUT2D eigenvalue weighted by Crippen LogP contribution is -2.53. The predicted molar refractivity (Wildman–Crippen MR) is 114 cm³/mol. The highest BCUT2D eigenvalue weighted by Crippen LogP contribution is 2.17. The number of rotatable bonds is 4. The molecule has 0 aromatic carbocycles. The van der Waals surface area contributed by atoms with Gasteiger partial charge in [0.2, 0.25) is 0 Å². The van der Waals surface area contributed by atoms with Crippen LogP contribution in [0.4, 0.5) is 4.79 Å². The van der Waals surface area contributed by atoms with E-state index < -0.39 is 5.60 Å². The van der Waals surface area contributed by atoms with E-state index in [1.165, 1.54) is 19.3 Å². The van der Waals surface area contributed by atoms with Crippen LogP contribution in [0.3, 0.4) is 0 Å². The topological polar surface area (TPSA) is 80.4 Å². The maximum atomic E-state index is 12.1. The molecule has 0 spiro atoms. The standard InChI is InChI=1S/C18H34N4O3.HI/c1-18(2,3)25-17(23)22-12-10-21(11-13-22)16(19)20-9-6-8-15-7-4-5-14-24-15;/h15H,4-14H2,1-3H3,(H2,19,20);1H. The first-order valence-electron chi connectivity index (χ1n) is 9.49. The highest BCUT2D eigenvalue weighted by atomic mass is 127. The van der Waals surface area contributed by atoms with E-state index in [2.05, 4.69) is 4.99 Å². The van der Waals surface area contributed by atoms with Crippen molar-refractivity contribution in [3.05, 3.63) is 0 Å². The van der Waals surface area contributed by atoms with Crippen LogP contribution in [0.1, 0.15) is 52.9 Å². The van der Waals surface area contributed by atoms with Crippen molar-refractivity contribution in [1.82, 2.24) is 9.80 Å². The molecule has 2 rings (SSSR count). The molecule has 26 heavy (non-hydrogen) atoms. The molecule has 2 aliphatic heterocycles. The van der Waals surface area contributed by atoms with Crippen LogP contribution >= 0.6 is 24.0 Å². The number of hydrogen-bond acceptors (Lipinski definition) is 4. The monoisotopic (exact) mass is 482 g/mol. The lowest BCUT2D eigenvalue weighted by atomic mass is 10.1. The summed E-state index contributed by atoms with van der Waals surface area (Å²) in [5, 5.41) is 0. The number of carbonyl (C=O) groups excluding carboxylic acids is 1. The Labute approximate surface area is 174 Å². The molecule has 0 saturated carbocycles. The van der Waals surface area contributed by atoms with E-state index in [0.717, 1.165) is 26.0 Å². The molecule has 1 amide bonds. The van der Waals surface area contributed by atoms with E-state index in [1.54, 1.807) is 4.90 Å². The number of amides is 1. The third kappa shape index (κ3) is 8.28. The first-order valence-corrected chi connectivity index (χ1v) is 9.49. The quantitative estimate of drug-likeness (QED) is 0.289. The van der Waals surface area contributed by atoms with Crippen LogP contribution in [0.2, 0.25) is 0 Å². The number of ether oxygens (including phenoxy) is 2.